The average Bonchev–Trinajstić information content (AvgIpc) is 2.36. The lowest BCUT2D eigenvalue weighted by Crippen LogP contribution is -2.37. The third-order valence-corrected chi connectivity index (χ3v) is 4.35. The van der Waals surface area contributed by atoms with E-state index in [0.29, 0.717) is 5.75 Å². The molecule has 0 saturated heterocycles. The van der Waals surface area contributed by atoms with Gasteiger partial charge in [0.05, 0.1) is 12.3 Å². The summed E-state index contributed by atoms with van der Waals surface area (Å²) in [4.78, 5) is 25.8. The molecule has 0 radical (unpaired) electrons. The Kier molecular flexibility index (Phi) is 6.07. The Morgan fingerprint density at radius 2 is 1.75 bits per heavy atom. The molecular weight excluding hydrogens is 272 g/mol. The lowest BCUT2D eigenvalue weighted by molar-refractivity contribution is -0.132. The average molecular weight is 294 g/mol. The van der Waals surface area contributed by atoms with Crippen molar-refractivity contribution >= 4 is 23.6 Å². The van der Waals surface area contributed by atoms with Crippen LogP contribution in [0.3, 0.4) is 0 Å². The third kappa shape index (κ3) is 4.56. The molecule has 2 amide bonds. The van der Waals surface area contributed by atoms with Crippen LogP contribution in [-0.2, 0) is 9.59 Å². The fourth-order valence-electron chi connectivity index (χ4n) is 2.02. The number of nitrogens with zero attached hydrogens (tertiary/aromatic N) is 1. The molecule has 0 aliphatic heterocycles. The molecular formula is C15H22N2O2S. The number of rotatable bonds is 5. The van der Waals surface area contributed by atoms with Crippen LogP contribution in [-0.4, -0.2) is 43.1 Å². The molecule has 0 aliphatic rings. The number of aryl methyl sites for hydroxylation is 3. The summed E-state index contributed by atoms with van der Waals surface area (Å²) in [6.07, 6.45) is 0. The highest BCUT2D eigenvalue weighted by atomic mass is 32.2. The van der Waals surface area contributed by atoms with E-state index in [1.54, 1.807) is 14.1 Å². The minimum Gasteiger partial charge on any atom is -0.358 e. The van der Waals surface area contributed by atoms with Crippen molar-refractivity contribution in [3.63, 3.8) is 0 Å². The minimum atomic E-state index is -0.159. The van der Waals surface area contributed by atoms with Gasteiger partial charge in [-0.3, -0.25) is 9.59 Å². The molecule has 0 saturated carbocycles. The van der Waals surface area contributed by atoms with Crippen LogP contribution in [0.25, 0.3) is 0 Å². The highest BCUT2D eigenvalue weighted by Crippen LogP contribution is 2.27. The highest BCUT2D eigenvalue weighted by molar-refractivity contribution is 8.00. The zero-order chi connectivity index (χ0) is 15.3. The Bertz CT molecular complexity index is 492. The van der Waals surface area contributed by atoms with Gasteiger partial charge in [-0.1, -0.05) is 17.7 Å². The van der Waals surface area contributed by atoms with Crippen molar-refractivity contribution in [1.29, 1.82) is 0 Å². The second-order valence-corrected chi connectivity index (χ2v) is 5.93. The molecule has 0 unspecified atom stereocenters. The lowest BCUT2D eigenvalue weighted by Gasteiger charge is -2.17. The summed E-state index contributed by atoms with van der Waals surface area (Å²) in [6.45, 7) is 6.28. The second-order valence-electron chi connectivity index (χ2n) is 4.94. The monoisotopic (exact) mass is 294 g/mol. The Morgan fingerprint density at radius 3 is 2.25 bits per heavy atom. The van der Waals surface area contributed by atoms with Gasteiger partial charge in [-0.25, -0.2) is 0 Å². The van der Waals surface area contributed by atoms with Crippen molar-refractivity contribution in [2.45, 2.75) is 25.7 Å². The Morgan fingerprint density at radius 1 is 1.20 bits per heavy atom. The summed E-state index contributed by atoms with van der Waals surface area (Å²) < 4.78 is 0. The standard InChI is InChI=1S/C15H22N2O2S/c1-10-6-11(2)15(12(3)7-10)20-9-14(19)17(5)8-13(18)16-4/h6-7H,8-9H2,1-5H3,(H,16,18). The zero-order valence-corrected chi connectivity index (χ0v) is 13.6. The lowest BCUT2D eigenvalue weighted by atomic mass is 10.1. The number of hydrogen-bond donors (Lipinski definition) is 1. The summed E-state index contributed by atoms with van der Waals surface area (Å²) in [7, 11) is 3.21. The van der Waals surface area contributed by atoms with Crippen LogP contribution in [0.1, 0.15) is 16.7 Å². The number of nitrogens with one attached hydrogen (secondary N) is 1. The summed E-state index contributed by atoms with van der Waals surface area (Å²) in [5.41, 5.74) is 3.61. The predicted octanol–water partition coefficient (Wildman–Crippen LogP) is 1.91. The maximum absolute atomic E-state index is 12.0. The Labute approximate surface area is 124 Å². The van der Waals surface area contributed by atoms with Crippen molar-refractivity contribution < 1.29 is 9.59 Å². The fourth-order valence-corrected chi connectivity index (χ4v) is 3.08. The molecule has 0 spiro atoms. The molecule has 0 heterocycles. The van der Waals surface area contributed by atoms with Gasteiger partial charge in [0.2, 0.25) is 11.8 Å². The predicted molar refractivity (Wildman–Crippen MR) is 83.1 cm³/mol. The normalized spacial score (nSPS) is 10.2. The van der Waals surface area contributed by atoms with E-state index in [-0.39, 0.29) is 18.4 Å². The van der Waals surface area contributed by atoms with Crippen LogP contribution < -0.4 is 5.32 Å². The second kappa shape index (κ2) is 7.33. The summed E-state index contributed by atoms with van der Waals surface area (Å²) in [5, 5.41) is 2.51. The molecule has 20 heavy (non-hydrogen) atoms. The van der Waals surface area contributed by atoms with Gasteiger partial charge in [-0.05, 0) is 31.9 Å². The van der Waals surface area contributed by atoms with Gasteiger partial charge in [-0.2, -0.15) is 0 Å². The summed E-state index contributed by atoms with van der Waals surface area (Å²) in [6, 6.07) is 4.24. The van der Waals surface area contributed by atoms with Gasteiger partial charge in [0.25, 0.3) is 0 Å². The van der Waals surface area contributed by atoms with Gasteiger partial charge in [0, 0.05) is 19.0 Å². The maximum atomic E-state index is 12.0. The first-order chi connectivity index (χ1) is 9.35. The topological polar surface area (TPSA) is 49.4 Å². The Balaban J connectivity index is 2.63. The summed E-state index contributed by atoms with van der Waals surface area (Å²) in [5.74, 6) is 0.143. The molecule has 1 N–H and O–H groups in total. The van der Waals surface area contributed by atoms with E-state index in [1.807, 2.05) is 0 Å². The molecule has 5 heteroatoms. The van der Waals surface area contributed by atoms with Crippen molar-refractivity contribution in [2.75, 3.05) is 26.4 Å². The van der Waals surface area contributed by atoms with E-state index in [4.69, 9.17) is 0 Å². The number of likely N-dealkylation sites (N-methyl/N-ethyl adjacent to an activating group) is 2. The van der Waals surface area contributed by atoms with Crippen LogP contribution in [0.5, 0.6) is 0 Å². The zero-order valence-electron chi connectivity index (χ0n) is 12.7. The number of carbonyl (C=O) groups is 2. The van der Waals surface area contributed by atoms with Gasteiger partial charge >= 0.3 is 0 Å². The van der Waals surface area contributed by atoms with Crippen molar-refractivity contribution in [3.05, 3.63) is 28.8 Å². The van der Waals surface area contributed by atoms with Crippen molar-refractivity contribution in [2.24, 2.45) is 0 Å². The van der Waals surface area contributed by atoms with Crippen LogP contribution in [0.4, 0.5) is 0 Å². The van der Waals surface area contributed by atoms with Gasteiger partial charge < -0.3 is 10.2 Å². The van der Waals surface area contributed by atoms with E-state index < -0.39 is 0 Å². The van der Waals surface area contributed by atoms with Crippen LogP contribution in [0, 0.1) is 20.8 Å². The van der Waals surface area contributed by atoms with Crippen LogP contribution >= 0.6 is 11.8 Å². The van der Waals surface area contributed by atoms with Gasteiger partial charge in [-0.15, -0.1) is 11.8 Å². The first-order valence-electron chi connectivity index (χ1n) is 6.50. The number of carbonyl (C=O) groups excluding carboxylic acids is 2. The van der Waals surface area contributed by atoms with E-state index in [9.17, 15) is 9.59 Å². The maximum Gasteiger partial charge on any atom is 0.239 e. The molecule has 4 nitrogen and oxygen atoms in total. The van der Waals surface area contributed by atoms with E-state index >= 15 is 0 Å². The minimum absolute atomic E-state index is 0.0435. The quantitative estimate of drug-likeness (QED) is 0.844. The van der Waals surface area contributed by atoms with Gasteiger partial charge in [0.15, 0.2) is 0 Å². The summed E-state index contributed by atoms with van der Waals surface area (Å²) >= 11 is 1.53. The number of benzene rings is 1. The number of hydrogen-bond acceptors (Lipinski definition) is 3. The number of thioether (sulfide) groups is 1. The Hall–Kier alpha value is -1.49. The highest BCUT2D eigenvalue weighted by Gasteiger charge is 2.13. The molecule has 0 aliphatic carbocycles. The van der Waals surface area contributed by atoms with Crippen molar-refractivity contribution in [1.82, 2.24) is 10.2 Å². The molecule has 110 valence electrons. The smallest absolute Gasteiger partial charge is 0.239 e. The fraction of sp³-hybridized carbons (Fsp3) is 0.467. The molecule has 0 fully saturated rings. The number of amides is 2. The molecule has 1 aromatic carbocycles. The van der Waals surface area contributed by atoms with Crippen LogP contribution in [0.2, 0.25) is 0 Å². The van der Waals surface area contributed by atoms with E-state index in [0.717, 1.165) is 4.90 Å². The van der Waals surface area contributed by atoms with Gasteiger partial charge in [0.1, 0.15) is 0 Å². The first kappa shape index (κ1) is 16.6. The molecule has 0 aromatic heterocycles. The third-order valence-electron chi connectivity index (χ3n) is 3.03. The first-order valence-corrected chi connectivity index (χ1v) is 7.49. The SMILES string of the molecule is CNC(=O)CN(C)C(=O)CSc1c(C)cc(C)cc1C. The molecule has 1 rings (SSSR count). The molecule has 0 atom stereocenters. The molecule has 0 bridgehead atoms. The van der Waals surface area contributed by atoms with Crippen molar-refractivity contribution in [3.8, 4) is 0 Å². The van der Waals surface area contributed by atoms with E-state index in [2.05, 4.69) is 38.2 Å². The van der Waals surface area contributed by atoms with Crippen LogP contribution in [0.15, 0.2) is 17.0 Å². The molecule has 1 aromatic rings. The largest absolute Gasteiger partial charge is 0.358 e. The van der Waals surface area contributed by atoms with E-state index in [1.165, 1.54) is 33.4 Å².